The summed E-state index contributed by atoms with van der Waals surface area (Å²) in [7, 11) is 0. The quantitative estimate of drug-likeness (QED) is 0.386. The average Bonchev–Trinajstić information content (AvgIpc) is 1.65. The lowest BCUT2D eigenvalue weighted by Gasteiger charge is -1.70. The Morgan fingerprint density at radius 2 is 1.67 bits per heavy atom. The fourth-order valence-electron chi connectivity index (χ4n) is 0.0289. The van der Waals surface area contributed by atoms with E-state index in [1.54, 1.807) is 6.92 Å². The minimum atomic E-state index is -0.481. The molecule has 0 rings (SSSR count). The lowest BCUT2D eigenvalue weighted by molar-refractivity contribution is 1.08. The van der Waals surface area contributed by atoms with Gasteiger partial charge < -0.3 is 0 Å². The third-order valence-electron chi connectivity index (χ3n) is 0.374. The highest BCUT2D eigenvalue weighted by molar-refractivity contribution is 4.80. The molecule has 0 saturated carbocycles. The third kappa shape index (κ3) is 1.32. The van der Waals surface area contributed by atoms with Crippen LogP contribution in [0.2, 0.25) is 0 Å². The van der Waals surface area contributed by atoms with E-state index in [0.29, 0.717) is 0 Å². The Balaban J connectivity index is 3.40. The highest BCUT2D eigenvalue weighted by Gasteiger charge is 1.98. The fourth-order valence-corrected chi connectivity index (χ4v) is 0.0289. The van der Waals surface area contributed by atoms with Crippen molar-refractivity contribution >= 4 is 0 Å². The molecule has 0 atom stereocenters. The van der Waals surface area contributed by atoms with Crippen LogP contribution in [0.1, 0.15) is 6.92 Å². The van der Waals surface area contributed by atoms with Crippen molar-refractivity contribution in [3.63, 3.8) is 0 Å². The molecule has 0 heterocycles. The summed E-state index contributed by atoms with van der Waals surface area (Å²) < 4.78 is 0. The molecule has 0 aliphatic carbocycles. The van der Waals surface area contributed by atoms with E-state index in [4.69, 9.17) is 13.1 Å². The summed E-state index contributed by atoms with van der Waals surface area (Å²) in [6.45, 7) is 14.0. The Hall–Kier alpha value is -1.02. The monoisotopic (exact) mass is 80.0 g/mol. The maximum absolute atomic E-state index is 6.22. The van der Waals surface area contributed by atoms with Gasteiger partial charge in [-0.05, 0) is 0 Å². The Morgan fingerprint density at radius 1 is 1.33 bits per heavy atom. The van der Waals surface area contributed by atoms with Gasteiger partial charge in [0.05, 0.1) is 6.92 Å². The second-order valence-corrected chi connectivity index (χ2v) is 0.890. The number of hydrogen-bond acceptors (Lipinski definition) is 0. The smallest absolute Gasteiger partial charge is 0.233 e. The Morgan fingerprint density at radius 3 is 1.67 bits per heavy atom. The number of hydrogen-bond donors (Lipinski definition) is 0. The summed E-state index contributed by atoms with van der Waals surface area (Å²) in [6.07, 6.45) is -0.481. The van der Waals surface area contributed by atoms with Crippen molar-refractivity contribution in [3.8, 4) is 0 Å². The van der Waals surface area contributed by atoms with Gasteiger partial charge in [0.1, 0.15) is 0 Å². The normalized spacial score (nSPS) is 6.67. The van der Waals surface area contributed by atoms with Crippen molar-refractivity contribution in [2.24, 2.45) is 0 Å². The summed E-state index contributed by atoms with van der Waals surface area (Å²) in [5.74, 6) is 0. The van der Waals surface area contributed by atoms with Gasteiger partial charge in [-0.15, -0.1) is 0 Å². The largest absolute Gasteiger partial charge is 0.471 e. The predicted octanol–water partition coefficient (Wildman–Crippen LogP) is 1.17. The first-order valence-electron chi connectivity index (χ1n) is 1.54. The van der Waals surface area contributed by atoms with E-state index < -0.39 is 6.17 Å². The molecule has 2 heteroatoms. The van der Waals surface area contributed by atoms with Crippen LogP contribution in [0.25, 0.3) is 9.69 Å². The van der Waals surface area contributed by atoms with Gasteiger partial charge in [0.15, 0.2) is 0 Å². The fraction of sp³-hybridized carbons (Fsp3) is 0.500. The molecule has 0 aromatic heterocycles. The zero-order valence-electron chi connectivity index (χ0n) is 3.47. The van der Waals surface area contributed by atoms with Gasteiger partial charge in [-0.1, -0.05) is 0 Å². The van der Waals surface area contributed by atoms with Crippen LogP contribution in [0.15, 0.2) is 0 Å². The van der Waals surface area contributed by atoms with Gasteiger partial charge in [-0.25, -0.2) is 22.8 Å². The van der Waals surface area contributed by atoms with Gasteiger partial charge in [0.25, 0.3) is 0 Å². The third-order valence-corrected chi connectivity index (χ3v) is 0.374. The minimum Gasteiger partial charge on any atom is -0.233 e. The maximum atomic E-state index is 6.22. The van der Waals surface area contributed by atoms with E-state index in [-0.39, 0.29) is 0 Å². The van der Waals surface area contributed by atoms with Crippen molar-refractivity contribution in [2.45, 2.75) is 13.1 Å². The first-order chi connectivity index (χ1) is 2.81. The molecule has 0 fully saturated rings. The SMILES string of the molecule is [C-]#[N+]C(C)[N+]#[C-]. The van der Waals surface area contributed by atoms with Gasteiger partial charge in [0.2, 0.25) is 0 Å². The zero-order valence-corrected chi connectivity index (χ0v) is 3.47. The zero-order chi connectivity index (χ0) is 4.99. The van der Waals surface area contributed by atoms with Crippen LogP contribution in [0, 0.1) is 13.1 Å². The van der Waals surface area contributed by atoms with Crippen molar-refractivity contribution in [2.75, 3.05) is 0 Å². The second kappa shape index (κ2) is 2.23. The molecular formula is C4H4N2. The van der Waals surface area contributed by atoms with Crippen LogP contribution in [0.5, 0.6) is 0 Å². The van der Waals surface area contributed by atoms with E-state index in [2.05, 4.69) is 9.69 Å². The van der Waals surface area contributed by atoms with Crippen LogP contribution < -0.4 is 0 Å². The highest BCUT2D eigenvalue weighted by atomic mass is 14.9. The van der Waals surface area contributed by atoms with Crippen LogP contribution in [0.4, 0.5) is 0 Å². The van der Waals surface area contributed by atoms with Crippen LogP contribution in [-0.4, -0.2) is 6.17 Å². The van der Waals surface area contributed by atoms with E-state index in [9.17, 15) is 0 Å². The van der Waals surface area contributed by atoms with Gasteiger partial charge in [-0.2, -0.15) is 0 Å². The molecule has 0 amide bonds. The van der Waals surface area contributed by atoms with E-state index in [1.807, 2.05) is 0 Å². The van der Waals surface area contributed by atoms with E-state index in [1.165, 1.54) is 0 Å². The summed E-state index contributed by atoms with van der Waals surface area (Å²) in [5.41, 5.74) is 0. The lowest BCUT2D eigenvalue weighted by Crippen LogP contribution is -1.78. The van der Waals surface area contributed by atoms with Crippen LogP contribution in [-0.2, 0) is 0 Å². The first kappa shape index (κ1) is 4.98. The number of rotatable bonds is 0. The van der Waals surface area contributed by atoms with Gasteiger partial charge >= 0.3 is 6.17 Å². The minimum absolute atomic E-state index is 0.481. The van der Waals surface area contributed by atoms with Crippen molar-refractivity contribution < 1.29 is 0 Å². The van der Waals surface area contributed by atoms with E-state index in [0.717, 1.165) is 0 Å². The molecule has 30 valence electrons. The standard InChI is InChI=1S/C4H4N2/c1-4(5-2)6-3/h4H,1H3. The second-order valence-electron chi connectivity index (χ2n) is 0.890. The van der Waals surface area contributed by atoms with E-state index >= 15 is 0 Å². The van der Waals surface area contributed by atoms with Crippen LogP contribution >= 0.6 is 0 Å². The number of nitrogens with zero attached hydrogens (tertiary/aromatic N) is 2. The molecule has 0 N–H and O–H groups in total. The molecule has 6 heavy (non-hydrogen) atoms. The molecular weight excluding hydrogens is 76.1 g/mol. The van der Waals surface area contributed by atoms with Crippen molar-refractivity contribution in [3.05, 3.63) is 22.8 Å². The first-order valence-corrected chi connectivity index (χ1v) is 1.54. The summed E-state index contributed by atoms with van der Waals surface area (Å²) in [4.78, 5) is 5.81. The molecule has 0 saturated heterocycles. The molecule has 0 radical (unpaired) electrons. The van der Waals surface area contributed by atoms with Crippen LogP contribution in [0.3, 0.4) is 0 Å². The highest BCUT2D eigenvalue weighted by Crippen LogP contribution is 1.85. The Bertz CT molecular complexity index is 89.7. The molecule has 0 aliphatic heterocycles. The Kier molecular flexibility index (Phi) is 1.85. The maximum Gasteiger partial charge on any atom is 0.471 e. The molecule has 0 aromatic rings. The molecule has 0 unspecified atom stereocenters. The lowest BCUT2D eigenvalue weighted by atomic mass is 10.6. The molecule has 2 nitrogen and oxygen atoms in total. The topological polar surface area (TPSA) is 8.72 Å². The van der Waals surface area contributed by atoms with Gasteiger partial charge in [0, 0.05) is 0 Å². The van der Waals surface area contributed by atoms with Gasteiger partial charge in [-0.3, -0.25) is 0 Å². The predicted molar refractivity (Wildman–Crippen MR) is 22.7 cm³/mol. The van der Waals surface area contributed by atoms with Crippen molar-refractivity contribution in [1.29, 1.82) is 0 Å². The average molecular weight is 80.1 g/mol. The molecule has 0 spiro atoms. The molecule has 0 aliphatic rings. The molecule has 0 bridgehead atoms. The molecule has 0 aromatic carbocycles. The summed E-state index contributed by atoms with van der Waals surface area (Å²) in [5, 5.41) is 0. The van der Waals surface area contributed by atoms with Crippen molar-refractivity contribution in [1.82, 2.24) is 0 Å². The summed E-state index contributed by atoms with van der Waals surface area (Å²) in [6, 6.07) is 0. The summed E-state index contributed by atoms with van der Waals surface area (Å²) >= 11 is 0. The Labute approximate surface area is 37.0 Å².